The van der Waals surface area contributed by atoms with Gasteiger partial charge >= 0.3 is 6.09 Å². The molecule has 0 aromatic heterocycles. The van der Waals surface area contributed by atoms with Crippen LogP contribution in [0.3, 0.4) is 0 Å². The average molecular weight is 396 g/mol. The molecular weight excluding hydrogens is 346 g/mol. The van der Waals surface area contributed by atoms with Crippen LogP contribution in [0.1, 0.15) is 124 Å². The first kappa shape index (κ1) is 27.0. The number of carbonyl (C=O) groups is 1. The maximum Gasteiger partial charge on any atom is 0.407 e. The molecule has 0 bridgehead atoms. The normalized spacial score (nSPS) is 11.4. The monoisotopic (exact) mass is 395 g/mol. The van der Waals surface area contributed by atoms with Crippen molar-refractivity contribution in [3.63, 3.8) is 0 Å². The van der Waals surface area contributed by atoms with E-state index in [0.29, 0.717) is 12.5 Å². The van der Waals surface area contributed by atoms with Crippen LogP contribution in [-0.2, 0) is 4.74 Å². The number of rotatable bonds is 20. The van der Waals surface area contributed by atoms with E-state index in [2.05, 4.69) is 38.2 Å². The van der Waals surface area contributed by atoms with Crippen LogP contribution in [0.15, 0.2) is 12.2 Å². The summed E-state index contributed by atoms with van der Waals surface area (Å²) in [6.07, 6.45) is 24.9. The number of unbranched alkanes of at least 4 members (excludes halogenated alkanes) is 12. The Morgan fingerprint density at radius 1 is 0.786 bits per heavy atom. The van der Waals surface area contributed by atoms with E-state index in [-0.39, 0.29) is 6.09 Å². The second kappa shape index (κ2) is 22.3. The lowest BCUT2D eigenvalue weighted by atomic mass is 10.1. The number of ether oxygens (including phenoxy) is 1. The van der Waals surface area contributed by atoms with Crippen molar-refractivity contribution >= 4 is 6.09 Å². The molecule has 0 heterocycles. The molecule has 0 unspecified atom stereocenters. The molecule has 0 aromatic carbocycles. The summed E-state index contributed by atoms with van der Waals surface area (Å²) in [7, 11) is 0. The fraction of sp³-hybridized carbons (Fsp3) is 0.880. The summed E-state index contributed by atoms with van der Waals surface area (Å²) in [5, 5.41) is 2.85. The molecular formula is C25H49NO2. The summed E-state index contributed by atoms with van der Waals surface area (Å²) in [5.41, 5.74) is 0. The first-order chi connectivity index (χ1) is 13.7. The topological polar surface area (TPSA) is 38.3 Å². The zero-order chi connectivity index (χ0) is 20.7. The highest BCUT2D eigenvalue weighted by atomic mass is 16.5. The highest BCUT2D eigenvalue weighted by Crippen LogP contribution is 2.10. The molecule has 1 amide bonds. The van der Waals surface area contributed by atoms with Crippen LogP contribution in [0.2, 0.25) is 0 Å². The molecule has 0 rings (SSSR count). The molecule has 0 radical (unpaired) electrons. The van der Waals surface area contributed by atoms with E-state index in [0.717, 1.165) is 25.8 Å². The fourth-order valence-corrected chi connectivity index (χ4v) is 3.27. The third kappa shape index (κ3) is 23.0. The van der Waals surface area contributed by atoms with Crippen molar-refractivity contribution < 1.29 is 9.53 Å². The molecule has 28 heavy (non-hydrogen) atoms. The molecule has 0 aromatic rings. The van der Waals surface area contributed by atoms with Gasteiger partial charge in [-0.3, -0.25) is 0 Å². The molecule has 0 aliphatic rings. The third-order valence-corrected chi connectivity index (χ3v) is 5.12. The number of carbonyl (C=O) groups excluding carboxylic acids is 1. The molecule has 3 nitrogen and oxygen atoms in total. The van der Waals surface area contributed by atoms with E-state index in [1.54, 1.807) is 0 Å². The van der Waals surface area contributed by atoms with Crippen molar-refractivity contribution in [1.82, 2.24) is 5.32 Å². The zero-order valence-electron chi connectivity index (χ0n) is 19.3. The molecule has 0 aliphatic heterocycles. The van der Waals surface area contributed by atoms with Crippen LogP contribution < -0.4 is 5.32 Å². The first-order valence-corrected chi connectivity index (χ1v) is 12.2. The second-order valence-electron chi connectivity index (χ2n) is 8.54. The average Bonchev–Trinajstić information content (AvgIpc) is 2.67. The number of hydrogen-bond acceptors (Lipinski definition) is 2. The van der Waals surface area contributed by atoms with Gasteiger partial charge in [-0.2, -0.15) is 0 Å². The largest absolute Gasteiger partial charge is 0.450 e. The third-order valence-electron chi connectivity index (χ3n) is 5.12. The predicted molar refractivity (Wildman–Crippen MR) is 123 cm³/mol. The van der Waals surface area contributed by atoms with Crippen molar-refractivity contribution in [2.24, 2.45) is 5.92 Å². The Balaban J connectivity index is 3.19. The zero-order valence-corrected chi connectivity index (χ0v) is 19.3. The summed E-state index contributed by atoms with van der Waals surface area (Å²) in [4.78, 5) is 11.5. The predicted octanol–water partition coefficient (Wildman–Crippen LogP) is 8.19. The quantitative estimate of drug-likeness (QED) is 0.167. The Hall–Kier alpha value is -0.990. The minimum atomic E-state index is -0.253. The van der Waals surface area contributed by atoms with Gasteiger partial charge in [-0.25, -0.2) is 4.79 Å². The lowest BCUT2D eigenvalue weighted by molar-refractivity contribution is 0.142. The second-order valence-corrected chi connectivity index (χ2v) is 8.54. The summed E-state index contributed by atoms with van der Waals surface area (Å²) >= 11 is 0. The Kier molecular flexibility index (Phi) is 21.5. The molecule has 0 saturated heterocycles. The summed E-state index contributed by atoms with van der Waals surface area (Å²) in [6.45, 7) is 7.93. The summed E-state index contributed by atoms with van der Waals surface area (Å²) < 4.78 is 5.16. The van der Waals surface area contributed by atoms with Crippen LogP contribution in [0.4, 0.5) is 4.79 Å². The van der Waals surface area contributed by atoms with Gasteiger partial charge in [0.05, 0.1) is 6.61 Å². The summed E-state index contributed by atoms with van der Waals surface area (Å²) in [6, 6.07) is 0. The Bertz CT molecular complexity index is 352. The van der Waals surface area contributed by atoms with Gasteiger partial charge in [0.25, 0.3) is 0 Å². The maximum atomic E-state index is 11.5. The van der Waals surface area contributed by atoms with E-state index in [9.17, 15) is 4.79 Å². The summed E-state index contributed by atoms with van der Waals surface area (Å²) in [5.74, 6) is 0.674. The standard InChI is InChI=1S/C25H49NO2/c1-4-5-6-7-8-9-10-11-12-13-14-15-16-17-18-19-22-26-25(27)28-23-20-21-24(2)3/h11-12,24H,4-10,13-23H2,1-3H3,(H,26,27)/b12-11-. The van der Waals surface area contributed by atoms with E-state index in [1.165, 1.54) is 83.5 Å². The molecule has 0 fully saturated rings. The van der Waals surface area contributed by atoms with Gasteiger partial charge in [-0.1, -0.05) is 90.7 Å². The fourth-order valence-electron chi connectivity index (χ4n) is 3.27. The van der Waals surface area contributed by atoms with Crippen molar-refractivity contribution in [2.75, 3.05) is 13.2 Å². The Morgan fingerprint density at radius 3 is 1.89 bits per heavy atom. The van der Waals surface area contributed by atoms with Crippen LogP contribution in [0.25, 0.3) is 0 Å². The molecule has 166 valence electrons. The number of amides is 1. The minimum absolute atomic E-state index is 0.253. The Labute approximate surface area is 176 Å². The molecule has 1 N–H and O–H groups in total. The lowest BCUT2D eigenvalue weighted by Crippen LogP contribution is -2.25. The maximum absolute atomic E-state index is 11.5. The van der Waals surface area contributed by atoms with Gasteiger partial charge < -0.3 is 10.1 Å². The van der Waals surface area contributed by atoms with Crippen LogP contribution >= 0.6 is 0 Å². The van der Waals surface area contributed by atoms with E-state index >= 15 is 0 Å². The van der Waals surface area contributed by atoms with Gasteiger partial charge in [0.1, 0.15) is 0 Å². The smallest absolute Gasteiger partial charge is 0.407 e. The number of allylic oxidation sites excluding steroid dienone is 2. The lowest BCUT2D eigenvalue weighted by Gasteiger charge is -2.08. The number of hydrogen-bond donors (Lipinski definition) is 1. The van der Waals surface area contributed by atoms with E-state index in [1.807, 2.05) is 0 Å². The highest BCUT2D eigenvalue weighted by Gasteiger charge is 2.01. The van der Waals surface area contributed by atoms with Crippen LogP contribution in [-0.4, -0.2) is 19.2 Å². The molecule has 0 atom stereocenters. The van der Waals surface area contributed by atoms with E-state index in [4.69, 9.17) is 4.74 Å². The van der Waals surface area contributed by atoms with Crippen molar-refractivity contribution in [1.29, 1.82) is 0 Å². The van der Waals surface area contributed by atoms with Crippen LogP contribution in [0.5, 0.6) is 0 Å². The SMILES string of the molecule is CCCCCCCC/C=C\CCCCCCCCNC(=O)OCCCC(C)C. The van der Waals surface area contributed by atoms with Gasteiger partial charge in [-0.05, 0) is 50.9 Å². The van der Waals surface area contributed by atoms with Crippen molar-refractivity contribution in [3.8, 4) is 0 Å². The van der Waals surface area contributed by atoms with Gasteiger partial charge in [0.2, 0.25) is 0 Å². The molecule has 0 aliphatic carbocycles. The van der Waals surface area contributed by atoms with Crippen LogP contribution in [0, 0.1) is 5.92 Å². The minimum Gasteiger partial charge on any atom is -0.450 e. The molecule has 3 heteroatoms. The van der Waals surface area contributed by atoms with Gasteiger partial charge in [0.15, 0.2) is 0 Å². The van der Waals surface area contributed by atoms with Crippen molar-refractivity contribution in [2.45, 2.75) is 124 Å². The number of alkyl carbamates (subject to hydrolysis) is 1. The molecule has 0 saturated carbocycles. The first-order valence-electron chi connectivity index (χ1n) is 12.2. The van der Waals surface area contributed by atoms with Crippen molar-refractivity contribution in [3.05, 3.63) is 12.2 Å². The van der Waals surface area contributed by atoms with E-state index < -0.39 is 0 Å². The Morgan fingerprint density at radius 2 is 1.32 bits per heavy atom. The van der Waals surface area contributed by atoms with Gasteiger partial charge in [0, 0.05) is 6.54 Å². The number of nitrogens with one attached hydrogen (secondary N) is 1. The van der Waals surface area contributed by atoms with Gasteiger partial charge in [-0.15, -0.1) is 0 Å². The molecule has 0 spiro atoms. The highest BCUT2D eigenvalue weighted by molar-refractivity contribution is 5.66.